The lowest BCUT2D eigenvalue weighted by Crippen LogP contribution is -2.36. The zero-order valence-electron chi connectivity index (χ0n) is 20.3. The van der Waals surface area contributed by atoms with Crippen LogP contribution in [0.3, 0.4) is 0 Å². The SMILES string of the molecule is O=C(O)c1ccc(CC(=O)C(CC2CC2C(F)(F)F)c2ccc(-c3c(OC(F)F)ccc(Cl)c3F)c[n+]2[O-])cc1. The second-order valence-electron chi connectivity index (χ2n) is 9.36. The van der Waals surface area contributed by atoms with Crippen molar-refractivity contribution < 1.29 is 50.5 Å². The summed E-state index contributed by atoms with van der Waals surface area (Å²) in [5.74, 6) is -7.34. The summed E-state index contributed by atoms with van der Waals surface area (Å²) >= 11 is 5.78. The Labute approximate surface area is 228 Å². The molecular formula is C27H20ClF6NO5. The number of ketones is 1. The molecule has 1 aliphatic rings. The number of carboxylic acids is 1. The van der Waals surface area contributed by atoms with Gasteiger partial charge in [0.25, 0.3) is 0 Å². The lowest BCUT2D eigenvalue weighted by Gasteiger charge is -2.18. The molecule has 1 aromatic heterocycles. The van der Waals surface area contributed by atoms with E-state index in [1.165, 1.54) is 24.3 Å². The number of ether oxygens (including phenoxy) is 1. The van der Waals surface area contributed by atoms with Gasteiger partial charge in [-0.1, -0.05) is 23.7 Å². The zero-order chi connectivity index (χ0) is 29.4. The number of aromatic carboxylic acids is 1. The number of hydrogen-bond donors (Lipinski definition) is 1. The molecule has 3 aromatic rings. The Kier molecular flexibility index (Phi) is 8.29. The predicted molar refractivity (Wildman–Crippen MR) is 130 cm³/mol. The van der Waals surface area contributed by atoms with Crippen molar-refractivity contribution in [2.24, 2.45) is 11.8 Å². The maximum atomic E-state index is 14.8. The number of carbonyl (C=O) groups excluding carboxylic acids is 1. The number of carbonyl (C=O) groups is 2. The average Bonchev–Trinajstić information content (AvgIpc) is 3.65. The number of benzene rings is 2. The summed E-state index contributed by atoms with van der Waals surface area (Å²) in [5, 5.41) is 21.7. The van der Waals surface area contributed by atoms with Crippen molar-refractivity contribution in [2.75, 3.05) is 0 Å². The van der Waals surface area contributed by atoms with Gasteiger partial charge < -0.3 is 15.1 Å². The van der Waals surface area contributed by atoms with Crippen LogP contribution in [0.15, 0.2) is 54.7 Å². The zero-order valence-corrected chi connectivity index (χ0v) is 21.1. The molecule has 0 spiro atoms. The fourth-order valence-electron chi connectivity index (χ4n) is 4.62. The van der Waals surface area contributed by atoms with Crippen LogP contribution in [0.1, 0.15) is 40.4 Å². The lowest BCUT2D eigenvalue weighted by atomic mass is 9.88. The van der Waals surface area contributed by atoms with E-state index in [4.69, 9.17) is 16.7 Å². The maximum Gasteiger partial charge on any atom is 0.392 e. The minimum Gasteiger partial charge on any atom is -0.618 e. The van der Waals surface area contributed by atoms with E-state index in [0.717, 1.165) is 30.5 Å². The number of pyridine rings is 1. The Morgan fingerprint density at radius 3 is 2.33 bits per heavy atom. The summed E-state index contributed by atoms with van der Waals surface area (Å²) in [7, 11) is 0. The molecule has 3 unspecified atom stereocenters. The number of hydrogen-bond acceptors (Lipinski definition) is 4. The van der Waals surface area contributed by atoms with E-state index in [1.54, 1.807) is 0 Å². The summed E-state index contributed by atoms with van der Waals surface area (Å²) in [4.78, 5) is 24.4. The molecule has 3 atom stereocenters. The van der Waals surface area contributed by atoms with Gasteiger partial charge in [0.05, 0.1) is 27.6 Å². The van der Waals surface area contributed by atoms with E-state index in [2.05, 4.69) is 4.74 Å². The third-order valence-electron chi connectivity index (χ3n) is 6.71. The first-order valence-electron chi connectivity index (χ1n) is 11.8. The fourth-order valence-corrected chi connectivity index (χ4v) is 4.78. The highest BCUT2D eigenvalue weighted by molar-refractivity contribution is 6.31. The van der Waals surface area contributed by atoms with Gasteiger partial charge in [-0.15, -0.1) is 0 Å². The van der Waals surface area contributed by atoms with Crippen LogP contribution in [0.4, 0.5) is 26.3 Å². The normalized spacial score (nSPS) is 17.5. The minimum atomic E-state index is -4.46. The van der Waals surface area contributed by atoms with Crippen molar-refractivity contribution in [2.45, 2.75) is 38.0 Å². The Bertz CT molecular complexity index is 1430. The number of rotatable bonds is 10. The Hall–Kier alpha value is -3.80. The highest BCUT2D eigenvalue weighted by Crippen LogP contribution is 2.54. The second-order valence-corrected chi connectivity index (χ2v) is 9.77. The molecule has 0 amide bonds. The van der Waals surface area contributed by atoms with Gasteiger partial charge >= 0.3 is 18.8 Å². The molecule has 2 aromatic carbocycles. The summed E-state index contributed by atoms with van der Waals surface area (Å²) in [6.45, 7) is -3.32. The highest BCUT2D eigenvalue weighted by Gasteiger charge is 2.56. The van der Waals surface area contributed by atoms with Crippen LogP contribution in [0.25, 0.3) is 11.1 Å². The number of carboxylic acid groups (broad SMARTS) is 1. The highest BCUT2D eigenvalue weighted by atomic mass is 35.5. The van der Waals surface area contributed by atoms with E-state index in [9.17, 15) is 41.1 Å². The largest absolute Gasteiger partial charge is 0.618 e. The van der Waals surface area contributed by atoms with Gasteiger partial charge in [-0.2, -0.15) is 26.7 Å². The standard InChI is InChI=1S/C27H20ClF6NO5/c28-19-6-8-22(40-26(30)31)23(24(19)29)15-5-7-20(35(39)12-15)17(10-16-11-18(16)27(32,33)34)21(36)9-13-1-3-14(4-2-13)25(37)38/h1-8,12,16-18,26H,9-11H2,(H,37,38). The van der Waals surface area contributed by atoms with Crippen molar-refractivity contribution in [3.63, 3.8) is 0 Å². The molecule has 40 heavy (non-hydrogen) atoms. The maximum absolute atomic E-state index is 14.8. The Morgan fingerprint density at radius 2 is 1.77 bits per heavy atom. The Balaban J connectivity index is 1.68. The van der Waals surface area contributed by atoms with Crippen molar-refractivity contribution in [1.29, 1.82) is 0 Å². The molecule has 13 heteroatoms. The molecular weight excluding hydrogens is 568 g/mol. The number of Topliss-reactive ketones (excluding diaryl/α,β-unsaturated/α-hetero) is 1. The van der Waals surface area contributed by atoms with E-state index in [1.807, 2.05) is 0 Å². The number of nitrogens with zero attached hydrogens (tertiary/aromatic N) is 1. The van der Waals surface area contributed by atoms with Crippen LogP contribution in [0.2, 0.25) is 5.02 Å². The third-order valence-corrected chi connectivity index (χ3v) is 7.00. The molecule has 1 aliphatic carbocycles. The molecule has 0 aliphatic heterocycles. The van der Waals surface area contributed by atoms with Gasteiger partial charge in [0.15, 0.2) is 17.8 Å². The first kappa shape index (κ1) is 29.2. The molecule has 6 nitrogen and oxygen atoms in total. The van der Waals surface area contributed by atoms with Gasteiger partial charge in [0.2, 0.25) is 5.69 Å². The van der Waals surface area contributed by atoms with Crippen molar-refractivity contribution in [3.05, 3.63) is 87.6 Å². The van der Waals surface area contributed by atoms with Gasteiger partial charge in [-0.25, -0.2) is 9.18 Å². The Morgan fingerprint density at radius 1 is 1.10 bits per heavy atom. The van der Waals surface area contributed by atoms with E-state index in [-0.39, 0.29) is 40.8 Å². The molecule has 1 fully saturated rings. The van der Waals surface area contributed by atoms with Crippen molar-refractivity contribution in [3.8, 4) is 16.9 Å². The minimum absolute atomic E-state index is 0.0322. The van der Waals surface area contributed by atoms with E-state index < -0.39 is 64.4 Å². The monoisotopic (exact) mass is 587 g/mol. The first-order valence-corrected chi connectivity index (χ1v) is 12.2. The quantitative estimate of drug-likeness (QED) is 0.165. The van der Waals surface area contributed by atoms with Gasteiger partial charge in [0.1, 0.15) is 11.7 Å². The van der Waals surface area contributed by atoms with Crippen LogP contribution in [-0.4, -0.2) is 29.6 Å². The van der Waals surface area contributed by atoms with Gasteiger partial charge in [-0.05, 0) is 54.7 Å². The van der Waals surface area contributed by atoms with Crippen LogP contribution in [0, 0.1) is 22.9 Å². The van der Waals surface area contributed by atoms with Gasteiger partial charge in [-0.3, -0.25) is 4.79 Å². The molecule has 0 saturated heterocycles. The smallest absolute Gasteiger partial charge is 0.392 e. The summed E-state index contributed by atoms with van der Waals surface area (Å²) in [5.41, 5.74) is -0.626. The molecule has 0 bridgehead atoms. The summed E-state index contributed by atoms with van der Waals surface area (Å²) < 4.78 is 84.7. The summed E-state index contributed by atoms with van der Waals surface area (Å²) in [6, 6.07) is 9.56. The molecule has 4 rings (SSSR count). The van der Waals surface area contributed by atoms with Crippen molar-refractivity contribution in [1.82, 2.24) is 0 Å². The lowest BCUT2D eigenvalue weighted by molar-refractivity contribution is -0.614. The topological polar surface area (TPSA) is 90.5 Å². The van der Waals surface area contributed by atoms with Crippen LogP contribution in [0.5, 0.6) is 5.75 Å². The van der Waals surface area contributed by atoms with Gasteiger partial charge in [0, 0.05) is 12.5 Å². The molecule has 1 N–H and O–H groups in total. The number of aromatic nitrogens is 1. The molecule has 1 heterocycles. The van der Waals surface area contributed by atoms with Crippen LogP contribution >= 0.6 is 11.6 Å². The fraction of sp³-hybridized carbons (Fsp3) is 0.296. The first-order chi connectivity index (χ1) is 18.8. The number of alkyl halides is 5. The van der Waals surface area contributed by atoms with Crippen LogP contribution in [-0.2, 0) is 11.2 Å². The summed E-state index contributed by atoms with van der Waals surface area (Å²) in [6.07, 6.45) is -4.46. The predicted octanol–water partition coefficient (Wildman–Crippen LogP) is 6.56. The van der Waals surface area contributed by atoms with Crippen molar-refractivity contribution >= 4 is 23.4 Å². The number of halogens is 7. The molecule has 1 saturated carbocycles. The average molecular weight is 588 g/mol. The third kappa shape index (κ3) is 6.49. The van der Waals surface area contributed by atoms with E-state index in [0.29, 0.717) is 5.56 Å². The molecule has 212 valence electrons. The van der Waals surface area contributed by atoms with Crippen LogP contribution < -0.4 is 9.47 Å². The second kappa shape index (κ2) is 11.4. The van der Waals surface area contributed by atoms with E-state index >= 15 is 0 Å². The molecule has 0 radical (unpaired) electrons.